The molecule has 0 aromatic rings. The minimum absolute atomic E-state index is 0.0376. The lowest BCUT2D eigenvalue weighted by Crippen LogP contribution is -2.21. The van der Waals surface area contributed by atoms with Gasteiger partial charge in [0.2, 0.25) is 0 Å². The van der Waals surface area contributed by atoms with E-state index in [0.29, 0.717) is 19.4 Å². The van der Waals surface area contributed by atoms with Gasteiger partial charge < -0.3 is 14.9 Å². The Labute approximate surface area is 72.2 Å². The summed E-state index contributed by atoms with van der Waals surface area (Å²) in [5.74, 6) is -0.856. The van der Waals surface area contributed by atoms with Crippen LogP contribution in [0.15, 0.2) is 0 Å². The molecule has 0 unspecified atom stereocenters. The first-order valence-corrected chi connectivity index (χ1v) is 4.14. The summed E-state index contributed by atoms with van der Waals surface area (Å²) in [5, 5.41) is 17.3. The fourth-order valence-corrected chi connectivity index (χ4v) is 0.881. The number of hydrogen-bond donors (Lipinski definition) is 2. The van der Waals surface area contributed by atoms with Crippen molar-refractivity contribution in [1.29, 1.82) is 0 Å². The van der Waals surface area contributed by atoms with Crippen molar-refractivity contribution in [3.05, 3.63) is 0 Å². The van der Waals surface area contributed by atoms with Gasteiger partial charge in [-0.2, -0.15) is 0 Å². The summed E-state index contributed by atoms with van der Waals surface area (Å²) in [6, 6.07) is 0. The van der Waals surface area contributed by atoms with Crippen LogP contribution in [-0.2, 0) is 9.53 Å². The van der Waals surface area contributed by atoms with Crippen LogP contribution in [0.2, 0.25) is 0 Å². The van der Waals surface area contributed by atoms with Gasteiger partial charge in [-0.05, 0) is 19.8 Å². The van der Waals surface area contributed by atoms with Gasteiger partial charge in [0.05, 0.1) is 19.1 Å². The highest BCUT2D eigenvalue weighted by Gasteiger charge is 2.17. The third kappa shape index (κ3) is 4.31. The maximum Gasteiger partial charge on any atom is 0.311 e. The van der Waals surface area contributed by atoms with Crippen molar-refractivity contribution in [2.75, 3.05) is 19.8 Å². The second-order valence-electron chi connectivity index (χ2n) is 2.50. The van der Waals surface area contributed by atoms with Crippen molar-refractivity contribution in [2.24, 2.45) is 5.92 Å². The Kier molecular flexibility index (Phi) is 6.70. The molecule has 0 aliphatic carbocycles. The molecule has 0 rings (SSSR count). The van der Waals surface area contributed by atoms with Crippen LogP contribution >= 0.6 is 0 Å². The lowest BCUT2D eigenvalue weighted by Gasteiger charge is -2.11. The summed E-state index contributed by atoms with van der Waals surface area (Å²) in [6.45, 7) is 1.88. The molecule has 0 aromatic heterocycles. The number of aliphatic hydroxyl groups is 2. The van der Waals surface area contributed by atoms with E-state index in [2.05, 4.69) is 0 Å². The van der Waals surface area contributed by atoms with Crippen molar-refractivity contribution < 1.29 is 19.7 Å². The number of hydrogen-bond acceptors (Lipinski definition) is 4. The first kappa shape index (κ1) is 11.4. The van der Waals surface area contributed by atoms with Gasteiger partial charge in [0, 0.05) is 6.61 Å². The molecule has 0 bridgehead atoms. The van der Waals surface area contributed by atoms with Crippen LogP contribution in [0.3, 0.4) is 0 Å². The van der Waals surface area contributed by atoms with E-state index >= 15 is 0 Å². The maximum absolute atomic E-state index is 11.0. The van der Waals surface area contributed by atoms with Gasteiger partial charge in [-0.25, -0.2) is 0 Å². The SMILES string of the molecule is CCOC(=O)[C@@H](CO)CCCO. The molecule has 0 spiro atoms. The first-order valence-electron chi connectivity index (χ1n) is 4.14. The topological polar surface area (TPSA) is 66.8 Å². The van der Waals surface area contributed by atoms with Gasteiger partial charge in [0.1, 0.15) is 0 Å². The van der Waals surface area contributed by atoms with E-state index in [1.165, 1.54) is 0 Å². The van der Waals surface area contributed by atoms with Crippen molar-refractivity contribution in [2.45, 2.75) is 19.8 Å². The zero-order valence-corrected chi connectivity index (χ0v) is 7.32. The predicted molar refractivity (Wildman–Crippen MR) is 43.5 cm³/mol. The molecule has 0 heterocycles. The van der Waals surface area contributed by atoms with Crippen LogP contribution in [0.4, 0.5) is 0 Å². The van der Waals surface area contributed by atoms with E-state index in [0.717, 1.165) is 0 Å². The van der Waals surface area contributed by atoms with Crippen molar-refractivity contribution in [1.82, 2.24) is 0 Å². The van der Waals surface area contributed by atoms with Crippen LogP contribution in [0.1, 0.15) is 19.8 Å². The summed E-state index contributed by atoms with van der Waals surface area (Å²) in [4.78, 5) is 11.0. The molecule has 0 aliphatic heterocycles. The highest BCUT2D eigenvalue weighted by molar-refractivity contribution is 5.72. The molecule has 0 saturated heterocycles. The number of rotatable bonds is 6. The molecule has 4 nitrogen and oxygen atoms in total. The molecule has 0 aliphatic rings. The fourth-order valence-electron chi connectivity index (χ4n) is 0.881. The lowest BCUT2D eigenvalue weighted by molar-refractivity contribution is -0.149. The van der Waals surface area contributed by atoms with Gasteiger partial charge in [-0.1, -0.05) is 0 Å². The second kappa shape index (κ2) is 7.06. The molecule has 4 heteroatoms. The summed E-state index contributed by atoms with van der Waals surface area (Å²) in [7, 11) is 0. The Bertz CT molecular complexity index is 124. The Hall–Kier alpha value is -0.610. The normalized spacial score (nSPS) is 12.6. The Morgan fingerprint density at radius 3 is 2.58 bits per heavy atom. The second-order valence-corrected chi connectivity index (χ2v) is 2.50. The van der Waals surface area contributed by atoms with Crippen molar-refractivity contribution >= 4 is 5.97 Å². The molecule has 0 radical (unpaired) electrons. The van der Waals surface area contributed by atoms with Crippen molar-refractivity contribution in [3.63, 3.8) is 0 Å². The van der Waals surface area contributed by atoms with E-state index in [1.807, 2.05) is 0 Å². The predicted octanol–water partition coefficient (Wildman–Crippen LogP) is -0.0695. The number of ether oxygens (including phenoxy) is 1. The fraction of sp³-hybridized carbons (Fsp3) is 0.875. The maximum atomic E-state index is 11.0. The molecule has 0 fully saturated rings. The van der Waals surface area contributed by atoms with Crippen LogP contribution in [-0.4, -0.2) is 36.0 Å². The van der Waals surface area contributed by atoms with Crippen molar-refractivity contribution in [3.8, 4) is 0 Å². The summed E-state index contributed by atoms with van der Waals surface area (Å²) in [5.41, 5.74) is 0. The van der Waals surface area contributed by atoms with E-state index in [-0.39, 0.29) is 19.2 Å². The average Bonchev–Trinajstić information content (AvgIpc) is 2.06. The molecule has 72 valence electrons. The third-order valence-electron chi connectivity index (χ3n) is 1.55. The first-order chi connectivity index (χ1) is 5.76. The highest BCUT2D eigenvalue weighted by atomic mass is 16.5. The van der Waals surface area contributed by atoms with Gasteiger partial charge in [-0.15, -0.1) is 0 Å². The molecule has 0 saturated carbocycles. The lowest BCUT2D eigenvalue weighted by atomic mass is 10.1. The molecule has 0 amide bonds. The largest absolute Gasteiger partial charge is 0.466 e. The van der Waals surface area contributed by atoms with E-state index in [4.69, 9.17) is 14.9 Å². The molecular formula is C8H16O4. The Morgan fingerprint density at radius 2 is 2.17 bits per heavy atom. The third-order valence-corrected chi connectivity index (χ3v) is 1.55. The average molecular weight is 176 g/mol. The Balaban J connectivity index is 3.71. The van der Waals surface area contributed by atoms with Gasteiger partial charge >= 0.3 is 5.97 Å². The smallest absolute Gasteiger partial charge is 0.311 e. The highest BCUT2D eigenvalue weighted by Crippen LogP contribution is 2.07. The minimum atomic E-state index is -0.475. The zero-order valence-electron chi connectivity index (χ0n) is 7.32. The van der Waals surface area contributed by atoms with E-state index in [9.17, 15) is 4.79 Å². The molecule has 0 aromatic carbocycles. The van der Waals surface area contributed by atoms with Gasteiger partial charge in [0.25, 0.3) is 0 Å². The Morgan fingerprint density at radius 1 is 1.50 bits per heavy atom. The zero-order chi connectivity index (χ0) is 9.40. The van der Waals surface area contributed by atoms with Crippen LogP contribution < -0.4 is 0 Å². The molecule has 2 N–H and O–H groups in total. The van der Waals surface area contributed by atoms with Gasteiger partial charge in [-0.3, -0.25) is 4.79 Å². The monoisotopic (exact) mass is 176 g/mol. The van der Waals surface area contributed by atoms with Crippen LogP contribution in [0.25, 0.3) is 0 Å². The molecule has 12 heavy (non-hydrogen) atoms. The quantitative estimate of drug-likeness (QED) is 0.556. The number of aliphatic hydroxyl groups excluding tert-OH is 2. The minimum Gasteiger partial charge on any atom is -0.466 e. The number of carbonyl (C=O) groups excluding carboxylic acids is 1. The van der Waals surface area contributed by atoms with E-state index < -0.39 is 5.92 Å². The number of esters is 1. The number of carbonyl (C=O) groups is 1. The summed E-state index contributed by atoms with van der Waals surface area (Å²) >= 11 is 0. The van der Waals surface area contributed by atoms with Crippen LogP contribution in [0, 0.1) is 5.92 Å². The summed E-state index contributed by atoms with van der Waals surface area (Å²) < 4.78 is 4.71. The standard InChI is InChI=1S/C8H16O4/c1-2-12-8(11)7(6-10)4-3-5-9/h7,9-10H,2-6H2,1H3/t7-/m1/s1. The molecular weight excluding hydrogens is 160 g/mol. The summed E-state index contributed by atoms with van der Waals surface area (Å²) in [6.07, 6.45) is 0.996. The van der Waals surface area contributed by atoms with Crippen LogP contribution in [0.5, 0.6) is 0 Å². The van der Waals surface area contributed by atoms with E-state index in [1.54, 1.807) is 6.92 Å². The molecule has 1 atom stereocenters. The van der Waals surface area contributed by atoms with Gasteiger partial charge in [0.15, 0.2) is 0 Å².